The van der Waals surface area contributed by atoms with Gasteiger partial charge < -0.3 is 23.5 Å². The van der Waals surface area contributed by atoms with Crippen molar-refractivity contribution in [3.05, 3.63) is 88.9 Å². The van der Waals surface area contributed by atoms with Gasteiger partial charge in [0.2, 0.25) is 4.96 Å². The first-order valence-electron chi connectivity index (χ1n) is 13.3. The van der Waals surface area contributed by atoms with Crippen LogP contribution in [0.3, 0.4) is 0 Å². The molecule has 0 atom stereocenters. The molecule has 6 aromatic rings. The van der Waals surface area contributed by atoms with Crippen LogP contribution in [0.4, 0.5) is 10.1 Å². The van der Waals surface area contributed by atoms with Crippen LogP contribution in [0.5, 0.6) is 16.7 Å². The van der Waals surface area contributed by atoms with E-state index in [0.29, 0.717) is 57.2 Å². The smallest absolute Gasteiger partial charge is 0.294 e. The van der Waals surface area contributed by atoms with Crippen molar-refractivity contribution in [3.8, 4) is 28.1 Å². The molecule has 3 aromatic heterocycles. The Morgan fingerprint density at radius 1 is 1.12 bits per heavy atom. The van der Waals surface area contributed by atoms with Crippen molar-refractivity contribution in [2.24, 2.45) is 0 Å². The van der Waals surface area contributed by atoms with Crippen LogP contribution in [0.1, 0.15) is 27.0 Å². The van der Waals surface area contributed by atoms with Crippen molar-refractivity contribution in [2.45, 2.75) is 20.0 Å². The normalized spacial score (nSPS) is 12.7. The maximum absolute atomic E-state index is 13.9. The van der Waals surface area contributed by atoms with Crippen LogP contribution in [0.15, 0.2) is 65.2 Å². The Morgan fingerprint density at radius 2 is 2.00 bits per heavy atom. The Labute approximate surface area is 243 Å². The molecule has 3 aromatic carbocycles. The van der Waals surface area contributed by atoms with Crippen LogP contribution in [0, 0.1) is 12.7 Å². The summed E-state index contributed by atoms with van der Waals surface area (Å²) in [4.78, 5) is 20.4. The van der Waals surface area contributed by atoms with Gasteiger partial charge in [-0.3, -0.25) is 4.79 Å². The Hall–Kier alpha value is -4.90. The molecule has 0 radical (unpaired) electrons. The number of ether oxygens (including phenoxy) is 3. The van der Waals surface area contributed by atoms with Gasteiger partial charge in [0.1, 0.15) is 35.2 Å². The number of aryl methyl sites for hydroxylation is 1. The molecular weight excluding hydrogens is 559 g/mol. The standard InChI is InChI=1S/C31H25FN4O5S/c1-17-7-8-19(32)11-22(17)29(37)35-10-9-21-18(5-4-6-25(21)35)16-40-26-12-20(38-2)13-27-23(26)14-28(41-27)24-15-36-30(33-24)42-31(34-36)39-3/h4-8,11-15H,9-10,16H2,1-3H3. The minimum atomic E-state index is -0.429. The monoisotopic (exact) mass is 584 g/mol. The minimum absolute atomic E-state index is 0.211. The van der Waals surface area contributed by atoms with Gasteiger partial charge in [-0.15, -0.1) is 5.10 Å². The van der Waals surface area contributed by atoms with E-state index in [9.17, 15) is 9.18 Å². The Kier molecular flexibility index (Phi) is 6.31. The number of hydrogen-bond acceptors (Lipinski definition) is 8. The van der Waals surface area contributed by atoms with Gasteiger partial charge in [0.05, 0.1) is 25.8 Å². The number of rotatable bonds is 7. The Balaban J connectivity index is 1.18. The molecule has 1 aliphatic heterocycles. The molecular formula is C31H25FN4O5S. The highest BCUT2D eigenvalue weighted by molar-refractivity contribution is 7.18. The second kappa shape index (κ2) is 10.2. The fourth-order valence-electron chi connectivity index (χ4n) is 5.31. The van der Waals surface area contributed by atoms with Gasteiger partial charge in [-0.1, -0.05) is 18.2 Å². The molecule has 11 heteroatoms. The number of anilines is 1. The maximum Gasteiger partial charge on any atom is 0.294 e. The summed E-state index contributed by atoms with van der Waals surface area (Å²) >= 11 is 1.34. The number of amides is 1. The van der Waals surface area contributed by atoms with E-state index in [-0.39, 0.29) is 12.5 Å². The molecule has 0 saturated carbocycles. The molecule has 0 bridgehead atoms. The lowest BCUT2D eigenvalue weighted by Crippen LogP contribution is -2.29. The van der Waals surface area contributed by atoms with Gasteiger partial charge in [-0.05, 0) is 65.6 Å². The third-order valence-corrected chi connectivity index (χ3v) is 8.33. The van der Waals surface area contributed by atoms with Crippen molar-refractivity contribution in [2.75, 3.05) is 25.7 Å². The Morgan fingerprint density at radius 3 is 2.81 bits per heavy atom. The summed E-state index contributed by atoms with van der Waals surface area (Å²) in [7, 11) is 3.16. The number of benzene rings is 3. The lowest BCUT2D eigenvalue weighted by molar-refractivity contribution is 0.0988. The molecule has 0 unspecified atom stereocenters. The number of halogens is 1. The van der Waals surface area contributed by atoms with Crippen LogP contribution in [0.2, 0.25) is 0 Å². The number of fused-ring (bicyclic) bond motifs is 3. The van der Waals surface area contributed by atoms with Gasteiger partial charge in [-0.2, -0.15) is 0 Å². The average molecular weight is 585 g/mol. The Bertz CT molecular complexity index is 1960. The summed E-state index contributed by atoms with van der Waals surface area (Å²) in [5.41, 5.74) is 5.16. The number of methoxy groups -OCH3 is 2. The molecule has 0 N–H and O–H groups in total. The maximum atomic E-state index is 13.9. The van der Waals surface area contributed by atoms with E-state index < -0.39 is 5.82 Å². The van der Waals surface area contributed by atoms with E-state index in [2.05, 4.69) is 10.1 Å². The van der Waals surface area contributed by atoms with Crippen molar-refractivity contribution in [1.82, 2.24) is 14.6 Å². The molecule has 4 heterocycles. The molecule has 212 valence electrons. The number of carbonyl (C=O) groups is 1. The highest BCUT2D eigenvalue weighted by Crippen LogP contribution is 2.39. The van der Waals surface area contributed by atoms with Gasteiger partial charge in [0.15, 0.2) is 5.76 Å². The second-order valence-electron chi connectivity index (χ2n) is 9.94. The van der Waals surface area contributed by atoms with Gasteiger partial charge in [-0.25, -0.2) is 13.9 Å². The molecule has 1 amide bonds. The van der Waals surface area contributed by atoms with Crippen LogP contribution < -0.4 is 19.1 Å². The summed E-state index contributed by atoms with van der Waals surface area (Å²) in [6.45, 7) is 2.60. The minimum Gasteiger partial charge on any atom is -0.496 e. The van der Waals surface area contributed by atoms with Crippen LogP contribution in [0.25, 0.3) is 27.4 Å². The first kappa shape index (κ1) is 26.0. The largest absolute Gasteiger partial charge is 0.496 e. The van der Waals surface area contributed by atoms with Crippen LogP contribution in [-0.2, 0) is 13.0 Å². The number of furan rings is 1. The first-order valence-corrected chi connectivity index (χ1v) is 14.1. The topological polar surface area (TPSA) is 91.3 Å². The fourth-order valence-corrected chi connectivity index (χ4v) is 6.01. The lowest BCUT2D eigenvalue weighted by atomic mass is 10.0. The van der Waals surface area contributed by atoms with Gasteiger partial charge in [0, 0.05) is 29.9 Å². The van der Waals surface area contributed by atoms with E-state index in [1.165, 1.54) is 23.5 Å². The SMILES string of the molecule is COc1cc(OCc2cccc3c2CCN3C(=O)c2cc(F)ccc2C)c2cc(-c3cn4nc(OC)sc4n3)oc2c1. The zero-order valence-electron chi connectivity index (χ0n) is 23.0. The molecule has 42 heavy (non-hydrogen) atoms. The number of imidazole rings is 1. The lowest BCUT2D eigenvalue weighted by Gasteiger charge is -2.19. The van der Waals surface area contributed by atoms with E-state index in [1.54, 1.807) is 35.9 Å². The molecule has 0 spiro atoms. The van der Waals surface area contributed by atoms with Gasteiger partial charge >= 0.3 is 0 Å². The van der Waals surface area contributed by atoms with Crippen molar-refractivity contribution in [1.29, 1.82) is 0 Å². The van der Waals surface area contributed by atoms with Crippen LogP contribution in [-0.4, -0.2) is 41.3 Å². The first-order chi connectivity index (χ1) is 20.4. The summed E-state index contributed by atoms with van der Waals surface area (Å²) < 4.78 is 38.8. The molecule has 0 aliphatic carbocycles. The number of nitrogens with zero attached hydrogens (tertiary/aromatic N) is 4. The molecule has 9 nitrogen and oxygen atoms in total. The molecule has 0 fully saturated rings. The summed E-state index contributed by atoms with van der Waals surface area (Å²) in [6, 6.07) is 15.7. The van der Waals surface area contributed by atoms with Gasteiger partial charge in [0.25, 0.3) is 11.1 Å². The van der Waals surface area contributed by atoms with E-state index >= 15 is 0 Å². The zero-order valence-corrected chi connectivity index (χ0v) is 23.8. The number of aromatic nitrogens is 3. The summed E-state index contributed by atoms with van der Waals surface area (Å²) in [5, 5.41) is 5.63. The fraction of sp³-hybridized carbons (Fsp3) is 0.194. The number of carbonyl (C=O) groups excluding carboxylic acids is 1. The predicted octanol–water partition coefficient (Wildman–Crippen LogP) is 6.45. The second-order valence-corrected chi connectivity index (χ2v) is 10.9. The third kappa shape index (κ3) is 4.42. The quantitative estimate of drug-likeness (QED) is 0.213. The zero-order chi connectivity index (χ0) is 29.0. The van der Waals surface area contributed by atoms with E-state index in [0.717, 1.165) is 27.8 Å². The molecule has 0 saturated heterocycles. The average Bonchev–Trinajstić information content (AvgIpc) is 3.78. The summed E-state index contributed by atoms with van der Waals surface area (Å²) in [6.07, 6.45) is 2.46. The van der Waals surface area contributed by atoms with Crippen LogP contribution >= 0.6 is 11.3 Å². The highest BCUT2D eigenvalue weighted by Gasteiger charge is 2.28. The highest BCUT2D eigenvalue weighted by atomic mass is 32.1. The molecule has 1 aliphatic rings. The third-order valence-electron chi connectivity index (χ3n) is 7.44. The predicted molar refractivity (Wildman–Crippen MR) is 156 cm³/mol. The van der Waals surface area contributed by atoms with Crippen molar-refractivity contribution >= 4 is 38.9 Å². The number of hydrogen-bond donors (Lipinski definition) is 0. The molecule has 7 rings (SSSR count). The van der Waals surface area contributed by atoms with Crippen molar-refractivity contribution in [3.63, 3.8) is 0 Å². The van der Waals surface area contributed by atoms with E-state index in [4.69, 9.17) is 18.6 Å². The van der Waals surface area contributed by atoms with E-state index in [1.807, 2.05) is 43.3 Å². The summed E-state index contributed by atoms with van der Waals surface area (Å²) in [5.74, 6) is 1.12. The van der Waals surface area contributed by atoms with Crippen molar-refractivity contribution < 1.29 is 27.8 Å².